The molecule has 8 nitrogen and oxygen atoms in total. The molecule has 2 heterocycles. The molecule has 5 rings (SSSR count). The molecule has 1 amide bonds. The lowest BCUT2D eigenvalue weighted by Crippen LogP contribution is -2.39. The molecule has 1 saturated heterocycles. The Morgan fingerprint density at radius 1 is 1.24 bits per heavy atom. The second kappa shape index (κ2) is 9.13. The van der Waals surface area contributed by atoms with Crippen molar-refractivity contribution in [2.75, 3.05) is 30.4 Å². The van der Waals surface area contributed by atoms with Gasteiger partial charge in [-0.15, -0.1) is 0 Å². The summed E-state index contributed by atoms with van der Waals surface area (Å²) in [6.45, 7) is 2.20. The van der Waals surface area contributed by atoms with E-state index in [0.29, 0.717) is 42.3 Å². The largest absolute Gasteiger partial charge is 0.494 e. The first kappa shape index (κ1) is 21.9. The highest BCUT2D eigenvalue weighted by Crippen LogP contribution is 2.45. The zero-order chi connectivity index (χ0) is 22.9. The fourth-order valence-electron chi connectivity index (χ4n) is 4.88. The average molecular weight is 456 g/mol. The van der Waals surface area contributed by atoms with Crippen LogP contribution in [0.4, 0.5) is 16.2 Å². The highest BCUT2D eigenvalue weighted by molar-refractivity contribution is 5.98. The Kier molecular flexibility index (Phi) is 6.05. The number of hydrogen-bond donors (Lipinski definition) is 3. The van der Waals surface area contributed by atoms with Gasteiger partial charge >= 0.3 is 0 Å². The molecule has 2 aromatic rings. The van der Waals surface area contributed by atoms with E-state index in [1.54, 1.807) is 18.3 Å². The third kappa shape index (κ3) is 4.88. The standard InChI is InChI=1S/C24H30FN5O3/c1-33-21-7-2-14(8-20(21)25)10-26-22-19(23(32)28-17-3-5-18(31)6-4-17)11-27-24(29-22)30-12-15-9-16(15)13-30/h2,7-8,11,15-18,31H,3-6,9-10,12-13H2,1H3,(H,28,32)(H,26,27,29). The molecule has 1 aromatic heterocycles. The van der Waals surface area contributed by atoms with Crippen LogP contribution in [0.15, 0.2) is 24.4 Å². The van der Waals surface area contributed by atoms with Crippen LogP contribution in [0.5, 0.6) is 5.75 Å². The lowest BCUT2D eigenvalue weighted by atomic mass is 9.93. The van der Waals surface area contributed by atoms with Gasteiger partial charge in [-0.1, -0.05) is 6.07 Å². The quantitative estimate of drug-likeness (QED) is 0.590. The van der Waals surface area contributed by atoms with E-state index in [2.05, 4.69) is 20.5 Å². The lowest BCUT2D eigenvalue weighted by molar-refractivity contribution is 0.0867. The summed E-state index contributed by atoms with van der Waals surface area (Å²) < 4.78 is 19.1. The number of ether oxygens (including phenoxy) is 1. The van der Waals surface area contributed by atoms with Crippen molar-refractivity contribution in [3.05, 3.63) is 41.3 Å². The molecule has 3 N–H and O–H groups in total. The number of aliphatic hydroxyl groups excluding tert-OH is 1. The van der Waals surface area contributed by atoms with E-state index in [-0.39, 0.29) is 23.8 Å². The van der Waals surface area contributed by atoms with E-state index < -0.39 is 5.82 Å². The summed E-state index contributed by atoms with van der Waals surface area (Å²) in [4.78, 5) is 24.4. The molecule has 33 heavy (non-hydrogen) atoms. The van der Waals surface area contributed by atoms with Crippen LogP contribution in [0.25, 0.3) is 0 Å². The molecule has 3 aliphatic rings. The number of aliphatic hydroxyl groups is 1. The molecule has 1 aliphatic heterocycles. The van der Waals surface area contributed by atoms with Gasteiger partial charge in [-0.05, 0) is 61.6 Å². The minimum atomic E-state index is -0.436. The predicted octanol–water partition coefficient (Wildman–Crippen LogP) is 2.73. The lowest BCUT2D eigenvalue weighted by Gasteiger charge is -2.26. The smallest absolute Gasteiger partial charge is 0.256 e. The first-order chi connectivity index (χ1) is 16.0. The summed E-state index contributed by atoms with van der Waals surface area (Å²) in [5.74, 6) is 2.03. The molecule has 2 saturated carbocycles. The predicted molar refractivity (Wildman–Crippen MR) is 122 cm³/mol. The van der Waals surface area contributed by atoms with Gasteiger partial charge in [-0.25, -0.2) is 9.37 Å². The molecule has 2 unspecified atom stereocenters. The summed E-state index contributed by atoms with van der Waals surface area (Å²) in [5, 5.41) is 16.0. The second-order valence-corrected chi connectivity index (χ2v) is 9.39. The summed E-state index contributed by atoms with van der Waals surface area (Å²) in [5.41, 5.74) is 1.08. The number of carbonyl (C=O) groups is 1. The molecule has 1 aromatic carbocycles. The Morgan fingerprint density at radius 3 is 2.70 bits per heavy atom. The number of amides is 1. The van der Waals surface area contributed by atoms with Gasteiger partial charge in [0.05, 0.1) is 13.2 Å². The van der Waals surface area contributed by atoms with Crippen molar-refractivity contribution in [3.63, 3.8) is 0 Å². The molecule has 9 heteroatoms. The van der Waals surface area contributed by atoms with Crippen molar-refractivity contribution >= 4 is 17.7 Å². The van der Waals surface area contributed by atoms with Crippen molar-refractivity contribution in [2.45, 2.75) is 50.8 Å². The minimum Gasteiger partial charge on any atom is -0.494 e. The van der Waals surface area contributed by atoms with Gasteiger partial charge in [0.25, 0.3) is 5.91 Å². The monoisotopic (exact) mass is 455 g/mol. The number of hydrogen-bond acceptors (Lipinski definition) is 7. The van der Waals surface area contributed by atoms with E-state index in [9.17, 15) is 14.3 Å². The maximum atomic E-state index is 14.1. The van der Waals surface area contributed by atoms with Crippen LogP contribution in [0.3, 0.4) is 0 Å². The van der Waals surface area contributed by atoms with E-state index in [1.165, 1.54) is 19.6 Å². The van der Waals surface area contributed by atoms with Crippen LogP contribution >= 0.6 is 0 Å². The number of methoxy groups -OCH3 is 1. The van der Waals surface area contributed by atoms with Gasteiger partial charge in [0, 0.05) is 31.9 Å². The van der Waals surface area contributed by atoms with Crippen LogP contribution in [0.2, 0.25) is 0 Å². The number of halogens is 1. The Hall–Kier alpha value is -2.94. The molecule has 3 fully saturated rings. The average Bonchev–Trinajstić information content (AvgIpc) is 3.43. The molecule has 2 aliphatic carbocycles. The van der Waals surface area contributed by atoms with Gasteiger partial charge in [0.15, 0.2) is 11.6 Å². The van der Waals surface area contributed by atoms with Crippen molar-refractivity contribution in [1.29, 1.82) is 0 Å². The normalized spacial score (nSPS) is 26.0. The van der Waals surface area contributed by atoms with Gasteiger partial charge in [-0.3, -0.25) is 4.79 Å². The zero-order valence-electron chi connectivity index (χ0n) is 18.8. The number of aromatic nitrogens is 2. The maximum absolute atomic E-state index is 14.1. The van der Waals surface area contributed by atoms with Crippen LogP contribution in [0, 0.1) is 17.7 Å². The van der Waals surface area contributed by atoms with Gasteiger partial charge in [0.1, 0.15) is 11.4 Å². The minimum absolute atomic E-state index is 0.0230. The fourth-order valence-corrected chi connectivity index (χ4v) is 4.88. The number of carbonyl (C=O) groups excluding carboxylic acids is 1. The Balaban J connectivity index is 1.34. The molecule has 0 radical (unpaired) electrons. The zero-order valence-corrected chi connectivity index (χ0v) is 18.8. The van der Waals surface area contributed by atoms with Crippen LogP contribution < -0.4 is 20.3 Å². The van der Waals surface area contributed by atoms with Crippen molar-refractivity contribution in [3.8, 4) is 5.75 Å². The SMILES string of the molecule is COc1ccc(CNc2nc(N3CC4CC4C3)ncc2C(=O)NC2CCC(O)CC2)cc1F. The Labute approximate surface area is 192 Å². The molecule has 0 bridgehead atoms. The van der Waals surface area contributed by atoms with Gasteiger partial charge in [0.2, 0.25) is 5.95 Å². The topological polar surface area (TPSA) is 99.6 Å². The maximum Gasteiger partial charge on any atom is 0.256 e. The number of benzene rings is 1. The third-order valence-corrected chi connectivity index (χ3v) is 6.99. The molecule has 176 valence electrons. The molecule has 0 spiro atoms. The van der Waals surface area contributed by atoms with Crippen molar-refractivity contribution in [2.24, 2.45) is 11.8 Å². The first-order valence-electron chi connectivity index (χ1n) is 11.7. The van der Waals surface area contributed by atoms with E-state index >= 15 is 0 Å². The first-order valence-corrected chi connectivity index (χ1v) is 11.7. The van der Waals surface area contributed by atoms with E-state index in [1.807, 2.05) is 0 Å². The summed E-state index contributed by atoms with van der Waals surface area (Å²) >= 11 is 0. The van der Waals surface area contributed by atoms with Crippen LogP contribution in [-0.4, -0.2) is 53.3 Å². The number of anilines is 2. The highest BCUT2D eigenvalue weighted by Gasteiger charge is 2.46. The van der Waals surface area contributed by atoms with Gasteiger partial charge < -0.3 is 25.4 Å². The van der Waals surface area contributed by atoms with E-state index in [4.69, 9.17) is 9.72 Å². The summed E-state index contributed by atoms with van der Waals surface area (Å²) in [6.07, 6.45) is 5.44. The fraction of sp³-hybridized carbons (Fsp3) is 0.542. The number of nitrogens with zero attached hydrogens (tertiary/aromatic N) is 3. The second-order valence-electron chi connectivity index (χ2n) is 9.39. The van der Waals surface area contributed by atoms with Gasteiger partial charge in [-0.2, -0.15) is 4.98 Å². The van der Waals surface area contributed by atoms with Crippen LogP contribution in [0.1, 0.15) is 48.0 Å². The number of piperidine rings is 1. The Morgan fingerprint density at radius 2 is 2.00 bits per heavy atom. The number of rotatable bonds is 7. The molecular formula is C24H30FN5O3. The number of fused-ring (bicyclic) bond motifs is 1. The van der Waals surface area contributed by atoms with Crippen molar-refractivity contribution in [1.82, 2.24) is 15.3 Å². The third-order valence-electron chi connectivity index (χ3n) is 6.99. The summed E-state index contributed by atoms with van der Waals surface area (Å²) in [6, 6.07) is 4.79. The van der Waals surface area contributed by atoms with E-state index in [0.717, 1.165) is 37.8 Å². The highest BCUT2D eigenvalue weighted by atomic mass is 19.1. The summed E-state index contributed by atoms with van der Waals surface area (Å²) in [7, 11) is 1.43. The van der Waals surface area contributed by atoms with Crippen molar-refractivity contribution < 1.29 is 19.0 Å². The Bertz CT molecular complexity index is 1020. The molecular weight excluding hydrogens is 425 g/mol. The van der Waals surface area contributed by atoms with Crippen LogP contribution in [-0.2, 0) is 6.54 Å². The molecule has 2 atom stereocenters. The number of nitrogens with one attached hydrogen (secondary N) is 2.